The summed E-state index contributed by atoms with van der Waals surface area (Å²) in [4.78, 5) is 11.8. The number of benzene rings is 1. The fraction of sp³-hybridized carbons (Fsp3) is 0.389. The molecule has 2 aromatic rings. The summed E-state index contributed by atoms with van der Waals surface area (Å²) in [7, 11) is 0. The smallest absolute Gasteiger partial charge is 0.225 e. The number of carbonyl (C=O) groups is 1. The Morgan fingerprint density at radius 3 is 2.83 bits per heavy atom. The van der Waals surface area contributed by atoms with Crippen LogP contribution in [0.2, 0.25) is 0 Å². The van der Waals surface area contributed by atoms with E-state index >= 15 is 0 Å². The van der Waals surface area contributed by atoms with Crippen LogP contribution < -0.4 is 10.1 Å². The average molecular weight is 311 g/mol. The minimum absolute atomic E-state index is 0.0850. The monoisotopic (exact) mass is 311 g/mol. The summed E-state index contributed by atoms with van der Waals surface area (Å²) in [6, 6.07) is 8.03. The molecule has 0 aliphatic carbocycles. The molecule has 2 heterocycles. The zero-order valence-corrected chi connectivity index (χ0v) is 13.9. The first-order valence-corrected chi connectivity index (χ1v) is 7.85. The van der Waals surface area contributed by atoms with Crippen molar-refractivity contribution in [2.24, 2.45) is 0 Å². The lowest BCUT2D eigenvalue weighted by molar-refractivity contribution is -0.115. The fourth-order valence-electron chi connectivity index (χ4n) is 2.83. The molecule has 0 unspecified atom stereocenters. The highest BCUT2D eigenvalue weighted by atomic mass is 16.5. The van der Waals surface area contributed by atoms with Gasteiger partial charge in [0.05, 0.1) is 5.69 Å². The van der Waals surface area contributed by atoms with E-state index in [1.165, 1.54) is 5.56 Å². The second-order valence-electron chi connectivity index (χ2n) is 6.48. The van der Waals surface area contributed by atoms with Crippen LogP contribution in [0.3, 0.4) is 0 Å². The number of anilines is 1. The number of aromatic nitrogens is 2. The predicted molar refractivity (Wildman–Crippen MR) is 89.5 cm³/mol. The van der Waals surface area contributed by atoms with Gasteiger partial charge in [-0.05, 0) is 32.4 Å². The third kappa shape index (κ3) is 3.04. The van der Waals surface area contributed by atoms with E-state index in [1.54, 1.807) is 0 Å². The number of nitrogens with one attached hydrogen (secondary N) is 1. The van der Waals surface area contributed by atoms with Crippen LogP contribution in [0.25, 0.3) is 11.1 Å². The lowest BCUT2D eigenvalue weighted by Crippen LogP contribution is -2.24. The Bertz CT molecular complexity index is 769. The molecule has 1 aromatic heterocycles. The molecule has 1 aliphatic heterocycles. The molecule has 0 saturated heterocycles. The molecular weight excluding hydrogens is 290 g/mol. The minimum atomic E-state index is -0.221. The van der Waals surface area contributed by atoms with Crippen molar-refractivity contribution in [1.29, 1.82) is 0 Å². The zero-order chi connectivity index (χ0) is 16.6. The summed E-state index contributed by atoms with van der Waals surface area (Å²) in [5.41, 5.74) is 3.53. The lowest BCUT2D eigenvalue weighted by atomic mass is 9.98. The van der Waals surface area contributed by atoms with E-state index in [0.717, 1.165) is 29.0 Å². The molecule has 1 N–H and O–H groups in total. The third-order valence-electron chi connectivity index (χ3n) is 3.88. The summed E-state index contributed by atoms with van der Waals surface area (Å²) < 4.78 is 6.15. The average Bonchev–Trinajstić information content (AvgIpc) is 2.82. The number of aryl methyl sites for hydroxylation is 1. The second kappa shape index (κ2) is 5.65. The Kier molecular flexibility index (Phi) is 3.80. The Labute approximate surface area is 136 Å². The second-order valence-corrected chi connectivity index (χ2v) is 6.48. The van der Waals surface area contributed by atoms with Crippen molar-refractivity contribution in [3.63, 3.8) is 0 Å². The van der Waals surface area contributed by atoms with Crippen LogP contribution in [0.5, 0.6) is 5.75 Å². The maximum Gasteiger partial charge on any atom is 0.225 e. The van der Waals surface area contributed by atoms with E-state index in [2.05, 4.69) is 35.4 Å². The zero-order valence-electron chi connectivity index (χ0n) is 13.9. The number of ether oxygens (including phenoxy) is 1. The molecule has 3 rings (SSSR count). The van der Waals surface area contributed by atoms with Crippen LogP contribution in [0.1, 0.15) is 38.4 Å². The van der Waals surface area contributed by atoms with Gasteiger partial charge in [-0.1, -0.05) is 25.1 Å². The molecule has 5 heteroatoms. The standard InChI is InChI=1S/C18H21N3O2/c1-5-15(22)19-17-14(9-11(2)20-21-17)13-8-6-7-12-10-18(3,4)23-16(12)13/h6-9H,5,10H2,1-4H3,(H,19,21,22). The SMILES string of the molecule is CCC(=O)Nc1nnc(C)cc1-c1cccc2c1OC(C)(C)C2. The Morgan fingerprint density at radius 2 is 2.09 bits per heavy atom. The van der Waals surface area contributed by atoms with Gasteiger partial charge in [0.1, 0.15) is 11.4 Å². The van der Waals surface area contributed by atoms with E-state index in [-0.39, 0.29) is 11.5 Å². The molecule has 0 saturated carbocycles. The number of para-hydroxylation sites is 1. The number of fused-ring (bicyclic) bond motifs is 1. The van der Waals surface area contributed by atoms with Crippen LogP contribution in [0, 0.1) is 6.92 Å². The molecular formula is C18H21N3O2. The summed E-state index contributed by atoms with van der Waals surface area (Å²) in [6.45, 7) is 7.84. The fourth-order valence-corrected chi connectivity index (χ4v) is 2.83. The van der Waals surface area contributed by atoms with Gasteiger partial charge in [-0.25, -0.2) is 0 Å². The number of nitrogens with zero attached hydrogens (tertiary/aromatic N) is 2. The van der Waals surface area contributed by atoms with E-state index in [0.29, 0.717) is 12.2 Å². The van der Waals surface area contributed by atoms with Gasteiger partial charge in [-0.15, -0.1) is 5.10 Å². The number of amides is 1. The largest absolute Gasteiger partial charge is 0.487 e. The van der Waals surface area contributed by atoms with Gasteiger partial charge < -0.3 is 10.1 Å². The quantitative estimate of drug-likeness (QED) is 0.942. The van der Waals surface area contributed by atoms with Crippen LogP contribution in [-0.2, 0) is 11.2 Å². The van der Waals surface area contributed by atoms with E-state index in [1.807, 2.05) is 32.0 Å². The van der Waals surface area contributed by atoms with Crippen molar-refractivity contribution in [2.75, 3.05) is 5.32 Å². The first-order chi connectivity index (χ1) is 10.9. The Hall–Kier alpha value is -2.43. The van der Waals surface area contributed by atoms with Crippen LogP contribution >= 0.6 is 0 Å². The lowest BCUT2D eigenvalue weighted by Gasteiger charge is -2.19. The van der Waals surface area contributed by atoms with Gasteiger partial charge in [0, 0.05) is 24.0 Å². The number of rotatable bonds is 3. The van der Waals surface area contributed by atoms with E-state index in [9.17, 15) is 4.79 Å². The van der Waals surface area contributed by atoms with Crippen molar-refractivity contribution in [3.05, 3.63) is 35.5 Å². The molecule has 1 aliphatic rings. The summed E-state index contributed by atoms with van der Waals surface area (Å²) >= 11 is 0. The predicted octanol–water partition coefficient (Wildman–Crippen LogP) is 3.51. The number of hydrogen-bond acceptors (Lipinski definition) is 4. The first kappa shape index (κ1) is 15.5. The minimum Gasteiger partial charge on any atom is -0.487 e. The molecule has 1 aromatic carbocycles. The highest BCUT2D eigenvalue weighted by molar-refractivity contribution is 5.94. The molecule has 0 spiro atoms. The molecule has 0 radical (unpaired) electrons. The van der Waals surface area contributed by atoms with Gasteiger partial charge in [0.25, 0.3) is 0 Å². The van der Waals surface area contributed by atoms with Gasteiger partial charge in [-0.3, -0.25) is 4.79 Å². The van der Waals surface area contributed by atoms with Gasteiger partial charge in [0.15, 0.2) is 5.82 Å². The maximum absolute atomic E-state index is 11.8. The summed E-state index contributed by atoms with van der Waals surface area (Å²) in [5.74, 6) is 1.26. The normalized spacial score (nSPS) is 15.0. The molecule has 1 amide bonds. The van der Waals surface area contributed by atoms with Crippen molar-refractivity contribution in [1.82, 2.24) is 10.2 Å². The molecule has 0 fully saturated rings. The Balaban J connectivity index is 2.12. The third-order valence-corrected chi connectivity index (χ3v) is 3.88. The van der Waals surface area contributed by atoms with Crippen molar-refractivity contribution in [3.8, 4) is 16.9 Å². The highest BCUT2D eigenvalue weighted by Crippen LogP contribution is 2.43. The summed E-state index contributed by atoms with van der Waals surface area (Å²) in [5, 5.41) is 11.1. The van der Waals surface area contributed by atoms with Gasteiger partial charge >= 0.3 is 0 Å². The summed E-state index contributed by atoms with van der Waals surface area (Å²) in [6.07, 6.45) is 1.26. The highest BCUT2D eigenvalue weighted by Gasteiger charge is 2.32. The molecule has 120 valence electrons. The van der Waals surface area contributed by atoms with Gasteiger partial charge in [0.2, 0.25) is 5.91 Å². The van der Waals surface area contributed by atoms with Crippen LogP contribution in [-0.4, -0.2) is 21.7 Å². The number of carbonyl (C=O) groups excluding carboxylic acids is 1. The maximum atomic E-state index is 11.8. The van der Waals surface area contributed by atoms with Crippen molar-refractivity contribution >= 4 is 11.7 Å². The van der Waals surface area contributed by atoms with Gasteiger partial charge in [-0.2, -0.15) is 5.10 Å². The van der Waals surface area contributed by atoms with Crippen molar-refractivity contribution < 1.29 is 9.53 Å². The molecule has 0 bridgehead atoms. The Morgan fingerprint density at radius 1 is 1.30 bits per heavy atom. The first-order valence-electron chi connectivity index (χ1n) is 7.85. The van der Waals surface area contributed by atoms with E-state index < -0.39 is 0 Å². The van der Waals surface area contributed by atoms with E-state index in [4.69, 9.17) is 4.74 Å². The molecule has 23 heavy (non-hydrogen) atoms. The van der Waals surface area contributed by atoms with Crippen molar-refractivity contribution in [2.45, 2.75) is 46.1 Å². The number of hydrogen-bond donors (Lipinski definition) is 1. The molecule has 5 nitrogen and oxygen atoms in total. The van der Waals surface area contributed by atoms with Crippen LogP contribution in [0.4, 0.5) is 5.82 Å². The van der Waals surface area contributed by atoms with Crippen LogP contribution in [0.15, 0.2) is 24.3 Å². The molecule has 0 atom stereocenters. The topological polar surface area (TPSA) is 64.1 Å².